The largest absolute Gasteiger partial charge is 0.312 e. The van der Waals surface area contributed by atoms with E-state index in [4.69, 9.17) is 4.99 Å². The third-order valence-electron chi connectivity index (χ3n) is 10.0. The molecular weight excluding hydrogens is 627 g/mol. The fourth-order valence-electron chi connectivity index (χ4n) is 7.40. The maximum absolute atomic E-state index is 5.36. The van der Waals surface area contributed by atoms with Crippen LogP contribution in [0.3, 0.4) is 0 Å². The third-order valence-corrected chi connectivity index (χ3v) is 11.2. The average Bonchev–Trinajstić information content (AvgIpc) is 3.20. The van der Waals surface area contributed by atoms with Crippen molar-refractivity contribution in [1.29, 1.82) is 0 Å². The van der Waals surface area contributed by atoms with Gasteiger partial charge in [0.15, 0.2) is 0 Å². The molecule has 3 aliphatic rings. The SMILES string of the molecule is C1=C(C2CC(c3ccc(-c4ccccc4)cc3)=NC(c3ccc(-c4ccccc4)cc3)N2)CCC(N2c3ccccc3Sc3ccccc32)=C1. The van der Waals surface area contributed by atoms with Gasteiger partial charge in [-0.05, 0) is 76.6 Å². The molecule has 9 rings (SSSR count). The van der Waals surface area contributed by atoms with Crippen molar-refractivity contribution in [3.05, 3.63) is 192 Å². The van der Waals surface area contributed by atoms with Crippen molar-refractivity contribution < 1.29 is 0 Å². The maximum Gasteiger partial charge on any atom is 0.126 e. The van der Waals surface area contributed by atoms with E-state index < -0.39 is 0 Å². The monoisotopic (exact) mass is 663 g/mol. The van der Waals surface area contributed by atoms with E-state index in [0.29, 0.717) is 0 Å². The second kappa shape index (κ2) is 13.5. The van der Waals surface area contributed by atoms with E-state index in [0.717, 1.165) is 25.0 Å². The first-order chi connectivity index (χ1) is 24.8. The molecule has 0 fully saturated rings. The van der Waals surface area contributed by atoms with Crippen LogP contribution in [-0.4, -0.2) is 11.8 Å². The van der Waals surface area contributed by atoms with Gasteiger partial charge in [0.05, 0.1) is 11.4 Å². The highest BCUT2D eigenvalue weighted by Crippen LogP contribution is 2.50. The first kappa shape index (κ1) is 30.6. The van der Waals surface area contributed by atoms with E-state index in [9.17, 15) is 0 Å². The molecule has 6 aromatic carbocycles. The highest BCUT2D eigenvalue weighted by molar-refractivity contribution is 7.99. The van der Waals surface area contributed by atoms with Crippen molar-refractivity contribution in [2.24, 2.45) is 4.99 Å². The van der Waals surface area contributed by atoms with Crippen LogP contribution in [0.25, 0.3) is 22.3 Å². The molecule has 0 aromatic heterocycles. The van der Waals surface area contributed by atoms with Gasteiger partial charge in [-0.3, -0.25) is 10.3 Å². The van der Waals surface area contributed by atoms with Crippen molar-refractivity contribution in [3.63, 3.8) is 0 Å². The van der Waals surface area contributed by atoms with Crippen LogP contribution in [0.15, 0.2) is 196 Å². The molecule has 1 aliphatic carbocycles. The summed E-state index contributed by atoms with van der Waals surface area (Å²) < 4.78 is 0. The van der Waals surface area contributed by atoms with Gasteiger partial charge in [-0.1, -0.05) is 157 Å². The number of nitrogens with one attached hydrogen (secondary N) is 1. The topological polar surface area (TPSA) is 27.6 Å². The zero-order valence-electron chi connectivity index (χ0n) is 27.7. The lowest BCUT2D eigenvalue weighted by Crippen LogP contribution is -2.40. The number of anilines is 2. The molecule has 4 heteroatoms. The predicted molar refractivity (Wildman–Crippen MR) is 209 cm³/mol. The minimum atomic E-state index is -0.133. The molecule has 2 aliphatic heterocycles. The molecule has 242 valence electrons. The van der Waals surface area contributed by atoms with Crippen molar-refractivity contribution in [1.82, 2.24) is 5.32 Å². The molecular formula is C46H37N3S. The number of rotatable bonds is 6. The maximum atomic E-state index is 5.36. The molecule has 0 saturated carbocycles. The number of aliphatic imine (C=N–C) groups is 1. The Balaban J connectivity index is 1.04. The quantitative estimate of drug-likeness (QED) is 0.192. The van der Waals surface area contributed by atoms with E-state index in [1.54, 1.807) is 0 Å². The lowest BCUT2D eigenvalue weighted by Gasteiger charge is -2.37. The summed E-state index contributed by atoms with van der Waals surface area (Å²) in [7, 11) is 0. The van der Waals surface area contributed by atoms with Crippen LogP contribution in [0.4, 0.5) is 11.4 Å². The summed E-state index contributed by atoms with van der Waals surface area (Å²) in [5, 5.41) is 3.96. The van der Waals surface area contributed by atoms with E-state index in [2.05, 4.69) is 180 Å². The smallest absolute Gasteiger partial charge is 0.126 e. The van der Waals surface area contributed by atoms with Crippen molar-refractivity contribution in [2.75, 3.05) is 4.90 Å². The summed E-state index contributed by atoms with van der Waals surface area (Å²) in [6, 6.07) is 56.8. The molecule has 0 spiro atoms. The number of benzene rings is 6. The van der Waals surface area contributed by atoms with Crippen LogP contribution in [0.2, 0.25) is 0 Å². The van der Waals surface area contributed by atoms with Gasteiger partial charge in [-0.15, -0.1) is 0 Å². The number of para-hydroxylation sites is 2. The Hall–Kier alpha value is -5.42. The Morgan fingerprint density at radius 1 is 0.520 bits per heavy atom. The average molecular weight is 664 g/mol. The van der Waals surface area contributed by atoms with Gasteiger partial charge in [-0.25, -0.2) is 0 Å². The number of hydrogen-bond donors (Lipinski definition) is 1. The fourth-order valence-corrected chi connectivity index (χ4v) is 8.46. The normalized spacial score (nSPS) is 18.3. The Labute approximate surface area is 298 Å². The van der Waals surface area contributed by atoms with Gasteiger partial charge in [-0.2, -0.15) is 0 Å². The molecule has 50 heavy (non-hydrogen) atoms. The van der Waals surface area contributed by atoms with Crippen molar-refractivity contribution >= 4 is 28.8 Å². The van der Waals surface area contributed by atoms with Crippen molar-refractivity contribution in [3.8, 4) is 22.3 Å². The van der Waals surface area contributed by atoms with Gasteiger partial charge < -0.3 is 4.90 Å². The van der Waals surface area contributed by atoms with Gasteiger partial charge in [0.1, 0.15) is 6.17 Å². The lowest BCUT2D eigenvalue weighted by atomic mass is 9.88. The minimum absolute atomic E-state index is 0.133. The van der Waals surface area contributed by atoms with E-state index in [-0.39, 0.29) is 12.2 Å². The molecule has 0 bridgehead atoms. The molecule has 0 amide bonds. The fraction of sp³-hybridized carbons (Fsp3) is 0.109. The summed E-state index contributed by atoms with van der Waals surface area (Å²) in [5.74, 6) is 0. The summed E-state index contributed by atoms with van der Waals surface area (Å²) in [6.07, 6.45) is 7.42. The Morgan fingerprint density at radius 2 is 1.04 bits per heavy atom. The van der Waals surface area contributed by atoms with Crippen LogP contribution in [0, 0.1) is 0 Å². The molecule has 6 aromatic rings. The van der Waals surface area contributed by atoms with Gasteiger partial charge in [0.2, 0.25) is 0 Å². The second-order valence-corrected chi connectivity index (χ2v) is 14.2. The van der Waals surface area contributed by atoms with E-state index in [1.165, 1.54) is 65.8 Å². The van der Waals surface area contributed by atoms with Crippen LogP contribution in [-0.2, 0) is 0 Å². The van der Waals surface area contributed by atoms with Gasteiger partial charge >= 0.3 is 0 Å². The number of fused-ring (bicyclic) bond motifs is 2. The van der Waals surface area contributed by atoms with Gasteiger partial charge in [0, 0.05) is 33.7 Å². The molecule has 3 nitrogen and oxygen atoms in total. The lowest BCUT2D eigenvalue weighted by molar-refractivity contribution is 0.458. The summed E-state index contributed by atoms with van der Waals surface area (Å²) in [5.41, 5.74) is 13.7. The number of allylic oxidation sites excluding steroid dienone is 3. The minimum Gasteiger partial charge on any atom is -0.312 e. The Morgan fingerprint density at radius 3 is 1.62 bits per heavy atom. The molecule has 2 unspecified atom stereocenters. The third kappa shape index (κ3) is 6.02. The van der Waals surface area contributed by atoms with Gasteiger partial charge in [0.25, 0.3) is 0 Å². The number of hydrogen-bond acceptors (Lipinski definition) is 4. The highest BCUT2D eigenvalue weighted by atomic mass is 32.2. The first-order valence-corrected chi connectivity index (χ1v) is 18.3. The standard InChI is InChI=1S/C46H37N3S/c1-3-11-32(12-4-1)34-19-23-36(24-20-34)40-31-41(48-46(47-40)38-25-21-35(22-26-38)33-13-5-2-6-14-33)37-27-29-39(30-28-37)49-42-15-7-9-17-44(42)50-45-18-10-8-16-43(45)49/h1-27,29,41,46,48H,28,30-31H2. The zero-order valence-corrected chi connectivity index (χ0v) is 28.6. The first-order valence-electron chi connectivity index (χ1n) is 17.5. The Kier molecular flexibility index (Phi) is 8.25. The molecule has 2 atom stereocenters. The summed E-state index contributed by atoms with van der Waals surface area (Å²) >= 11 is 1.86. The van der Waals surface area contributed by atoms with Crippen molar-refractivity contribution in [2.45, 2.75) is 41.3 Å². The highest BCUT2D eigenvalue weighted by Gasteiger charge is 2.30. The molecule has 0 radical (unpaired) electrons. The van der Waals surface area contributed by atoms with Crippen LogP contribution >= 0.6 is 11.8 Å². The van der Waals surface area contributed by atoms with E-state index >= 15 is 0 Å². The van der Waals surface area contributed by atoms with Crippen LogP contribution < -0.4 is 10.2 Å². The van der Waals surface area contributed by atoms with Crippen LogP contribution in [0.5, 0.6) is 0 Å². The van der Waals surface area contributed by atoms with Crippen LogP contribution in [0.1, 0.15) is 36.6 Å². The summed E-state index contributed by atoms with van der Waals surface area (Å²) in [6.45, 7) is 0. The molecule has 0 saturated heterocycles. The molecule has 2 heterocycles. The molecule has 1 N–H and O–H groups in total. The number of nitrogens with zero attached hydrogens (tertiary/aromatic N) is 2. The summed E-state index contributed by atoms with van der Waals surface area (Å²) in [4.78, 5) is 10.4. The Bertz CT molecular complexity index is 2190. The predicted octanol–water partition coefficient (Wildman–Crippen LogP) is 11.8. The van der Waals surface area contributed by atoms with E-state index in [1.807, 2.05) is 11.8 Å². The zero-order chi connectivity index (χ0) is 33.3. The second-order valence-electron chi connectivity index (χ2n) is 13.1.